The number of anilines is 1. The molecule has 1 saturated carbocycles. The highest BCUT2D eigenvalue weighted by Crippen LogP contribution is 2.40. The first-order valence-electron chi connectivity index (χ1n) is 8.50. The van der Waals surface area contributed by atoms with Crippen LogP contribution >= 0.6 is 11.6 Å². The summed E-state index contributed by atoms with van der Waals surface area (Å²) in [5.74, 6) is -1.11. The molecule has 0 spiro atoms. The number of hydrogen-bond acceptors (Lipinski definition) is 4. The second-order valence-electron chi connectivity index (χ2n) is 6.69. The quantitative estimate of drug-likeness (QED) is 0.886. The van der Waals surface area contributed by atoms with E-state index in [0.29, 0.717) is 10.7 Å². The molecule has 2 aliphatic rings. The van der Waals surface area contributed by atoms with E-state index >= 15 is 0 Å². The number of amides is 1. The normalized spacial score (nSPS) is 27.1. The molecule has 0 bridgehead atoms. The van der Waals surface area contributed by atoms with Gasteiger partial charge in [0.1, 0.15) is 0 Å². The van der Waals surface area contributed by atoms with Crippen molar-refractivity contribution in [1.29, 1.82) is 0 Å². The number of aliphatic hydroxyl groups excluding tert-OH is 1. The summed E-state index contributed by atoms with van der Waals surface area (Å²) in [5.41, 5.74) is 0.858. The molecule has 1 aliphatic carbocycles. The van der Waals surface area contributed by atoms with Gasteiger partial charge < -0.3 is 9.84 Å². The van der Waals surface area contributed by atoms with E-state index in [4.69, 9.17) is 16.3 Å². The highest BCUT2D eigenvalue weighted by atomic mass is 35.5. The maximum absolute atomic E-state index is 12.7. The first kappa shape index (κ1) is 18.0. The highest BCUT2D eigenvalue weighted by molar-refractivity contribution is 6.30. The van der Waals surface area contributed by atoms with E-state index in [2.05, 4.69) is 0 Å². The Labute approximate surface area is 152 Å². The summed E-state index contributed by atoms with van der Waals surface area (Å²) in [6.07, 6.45) is 3.66. The van der Waals surface area contributed by atoms with E-state index in [9.17, 15) is 14.7 Å². The molecule has 1 atom stereocenters. The fourth-order valence-corrected chi connectivity index (χ4v) is 4.09. The van der Waals surface area contributed by atoms with Crippen molar-refractivity contribution in [2.24, 2.45) is 5.92 Å². The second kappa shape index (κ2) is 7.18. The van der Waals surface area contributed by atoms with Gasteiger partial charge in [-0.15, -0.1) is 0 Å². The Morgan fingerprint density at radius 2 is 1.80 bits per heavy atom. The SMILES string of the molecule is COC1CCC(C2C(C(C)=O)=C(O)C(=O)N2c2ccc(Cl)cc2)CC1. The lowest BCUT2D eigenvalue weighted by Gasteiger charge is -2.37. The average molecular weight is 364 g/mol. The Hall–Kier alpha value is -1.85. The molecule has 1 heterocycles. The molecular formula is C19H22ClNO4. The number of halogens is 1. The topological polar surface area (TPSA) is 66.8 Å². The maximum Gasteiger partial charge on any atom is 0.294 e. The van der Waals surface area contributed by atoms with E-state index < -0.39 is 17.7 Å². The number of nitrogens with zero attached hydrogens (tertiary/aromatic N) is 1. The molecule has 0 saturated heterocycles. The molecule has 1 fully saturated rings. The first-order chi connectivity index (χ1) is 11.9. The predicted octanol–water partition coefficient (Wildman–Crippen LogP) is 3.66. The summed E-state index contributed by atoms with van der Waals surface area (Å²) in [6, 6.07) is 6.44. The summed E-state index contributed by atoms with van der Waals surface area (Å²) in [5, 5.41) is 10.9. The smallest absolute Gasteiger partial charge is 0.294 e. The molecule has 1 aromatic rings. The zero-order chi connectivity index (χ0) is 18.1. The van der Waals surface area contributed by atoms with Crippen molar-refractivity contribution >= 4 is 29.0 Å². The molecule has 5 nitrogen and oxygen atoms in total. The number of carbonyl (C=O) groups is 2. The molecule has 1 amide bonds. The number of aliphatic hydroxyl groups is 1. The number of hydrogen-bond donors (Lipinski definition) is 1. The van der Waals surface area contributed by atoms with E-state index in [0.717, 1.165) is 25.7 Å². The van der Waals surface area contributed by atoms with Crippen molar-refractivity contribution in [2.75, 3.05) is 12.0 Å². The number of rotatable bonds is 4. The molecular weight excluding hydrogens is 342 g/mol. The minimum atomic E-state index is -0.522. The third-order valence-electron chi connectivity index (χ3n) is 5.23. The number of ether oxygens (including phenoxy) is 1. The van der Waals surface area contributed by atoms with Gasteiger partial charge in [0.15, 0.2) is 11.5 Å². The minimum Gasteiger partial charge on any atom is -0.503 e. The Morgan fingerprint density at radius 3 is 2.32 bits per heavy atom. The van der Waals surface area contributed by atoms with Gasteiger partial charge in [0, 0.05) is 17.8 Å². The predicted molar refractivity (Wildman–Crippen MR) is 95.8 cm³/mol. The standard InChI is InChI=1S/C19H22ClNO4/c1-11(22)16-17(12-3-9-15(25-2)10-4-12)21(19(24)18(16)23)14-7-5-13(20)6-8-14/h5-8,12,15,17,23H,3-4,9-10H2,1-2H3. The molecule has 1 N–H and O–H groups in total. The highest BCUT2D eigenvalue weighted by Gasteiger charge is 2.46. The van der Waals surface area contributed by atoms with E-state index in [-0.39, 0.29) is 23.4 Å². The number of ketones is 1. The summed E-state index contributed by atoms with van der Waals surface area (Å²) in [4.78, 5) is 26.4. The van der Waals surface area contributed by atoms with Gasteiger partial charge in [-0.1, -0.05) is 11.6 Å². The molecule has 3 rings (SSSR count). The first-order valence-corrected chi connectivity index (χ1v) is 8.87. The summed E-state index contributed by atoms with van der Waals surface area (Å²) < 4.78 is 5.42. The monoisotopic (exact) mass is 363 g/mol. The number of benzene rings is 1. The van der Waals surface area contributed by atoms with Gasteiger partial charge in [0.2, 0.25) is 0 Å². The van der Waals surface area contributed by atoms with Gasteiger partial charge >= 0.3 is 0 Å². The molecule has 6 heteroatoms. The van der Waals surface area contributed by atoms with Gasteiger partial charge in [0.05, 0.1) is 17.7 Å². The van der Waals surface area contributed by atoms with Crippen molar-refractivity contribution in [2.45, 2.75) is 44.8 Å². The number of carbonyl (C=O) groups excluding carboxylic acids is 2. The van der Waals surface area contributed by atoms with Crippen molar-refractivity contribution < 1.29 is 19.4 Å². The minimum absolute atomic E-state index is 0.106. The van der Waals surface area contributed by atoms with Crippen molar-refractivity contribution in [3.63, 3.8) is 0 Å². The van der Waals surface area contributed by atoms with Gasteiger partial charge in [-0.05, 0) is 62.8 Å². The average Bonchev–Trinajstić information content (AvgIpc) is 2.87. The molecule has 0 radical (unpaired) electrons. The Morgan fingerprint density at radius 1 is 1.20 bits per heavy atom. The largest absolute Gasteiger partial charge is 0.503 e. The van der Waals surface area contributed by atoms with Crippen LogP contribution in [0.3, 0.4) is 0 Å². The van der Waals surface area contributed by atoms with Crippen LogP contribution in [0.15, 0.2) is 35.6 Å². The van der Waals surface area contributed by atoms with Gasteiger partial charge in [0.25, 0.3) is 5.91 Å². The zero-order valence-corrected chi connectivity index (χ0v) is 15.1. The third kappa shape index (κ3) is 3.31. The third-order valence-corrected chi connectivity index (χ3v) is 5.49. The molecule has 134 valence electrons. The van der Waals surface area contributed by atoms with Crippen LogP contribution in [0.1, 0.15) is 32.6 Å². The fourth-order valence-electron chi connectivity index (χ4n) is 3.97. The van der Waals surface area contributed by atoms with Crippen LogP contribution in [-0.2, 0) is 14.3 Å². The molecule has 1 aliphatic heterocycles. The Bertz CT molecular complexity index is 705. The summed E-state index contributed by atoms with van der Waals surface area (Å²) in [7, 11) is 1.71. The summed E-state index contributed by atoms with van der Waals surface area (Å²) >= 11 is 5.95. The van der Waals surface area contributed by atoms with Gasteiger partial charge in [-0.25, -0.2) is 0 Å². The lowest BCUT2D eigenvalue weighted by molar-refractivity contribution is -0.117. The van der Waals surface area contributed by atoms with Crippen LogP contribution in [0.2, 0.25) is 5.02 Å². The van der Waals surface area contributed by atoms with Crippen LogP contribution in [0.4, 0.5) is 5.69 Å². The van der Waals surface area contributed by atoms with Crippen LogP contribution in [-0.4, -0.2) is 36.1 Å². The maximum atomic E-state index is 12.7. The van der Waals surface area contributed by atoms with E-state index in [1.54, 1.807) is 36.3 Å². The van der Waals surface area contributed by atoms with E-state index in [1.165, 1.54) is 6.92 Å². The van der Waals surface area contributed by atoms with Crippen LogP contribution in [0.25, 0.3) is 0 Å². The van der Waals surface area contributed by atoms with Gasteiger partial charge in [-0.3, -0.25) is 14.5 Å². The Balaban J connectivity index is 1.97. The van der Waals surface area contributed by atoms with Gasteiger partial charge in [-0.2, -0.15) is 0 Å². The van der Waals surface area contributed by atoms with Crippen LogP contribution in [0, 0.1) is 5.92 Å². The van der Waals surface area contributed by atoms with E-state index in [1.807, 2.05) is 0 Å². The van der Waals surface area contributed by atoms with Crippen LogP contribution < -0.4 is 4.90 Å². The molecule has 1 aromatic carbocycles. The lowest BCUT2D eigenvalue weighted by Crippen LogP contribution is -2.43. The van der Waals surface area contributed by atoms with Crippen molar-refractivity contribution in [3.8, 4) is 0 Å². The van der Waals surface area contributed by atoms with Crippen LogP contribution in [0.5, 0.6) is 0 Å². The zero-order valence-electron chi connectivity index (χ0n) is 14.4. The fraction of sp³-hybridized carbons (Fsp3) is 0.474. The molecule has 0 aromatic heterocycles. The van der Waals surface area contributed by atoms with Crippen molar-refractivity contribution in [3.05, 3.63) is 40.6 Å². The Kier molecular flexibility index (Phi) is 5.16. The van der Waals surface area contributed by atoms with Crippen molar-refractivity contribution in [1.82, 2.24) is 0 Å². The number of methoxy groups -OCH3 is 1. The number of Topliss-reactive ketones (excluding diaryl/α,β-unsaturated/α-hetero) is 1. The second-order valence-corrected chi connectivity index (χ2v) is 7.12. The molecule has 25 heavy (non-hydrogen) atoms. The lowest BCUT2D eigenvalue weighted by atomic mass is 9.79. The summed E-state index contributed by atoms with van der Waals surface area (Å²) in [6.45, 7) is 1.40. The molecule has 1 unspecified atom stereocenters.